The lowest BCUT2D eigenvalue weighted by Crippen LogP contribution is -2.14. The van der Waals surface area contributed by atoms with Crippen LogP contribution in [0.5, 0.6) is 5.75 Å². The highest BCUT2D eigenvalue weighted by atomic mass is 35.5. The molecule has 0 heterocycles. The minimum Gasteiger partial charge on any atom is -0.507 e. The van der Waals surface area contributed by atoms with Gasteiger partial charge in [-0.2, -0.15) is 0 Å². The number of phenols is 1. The first kappa shape index (κ1) is 16.0. The number of fused-ring (bicyclic) bond motifs is 1. The fraction of sp³-hybridized carbons (Fsp3) is 0.0526. The molecular formula is C19H13ClO4. The van der Waals surface area contributed by atoms with Crippen LogP contribution < -0.4 is 0 Å². The molecule has 0 aliphatic rings. The molecule has 120 valence electrons. The third-order valence-corrected chi connectivity index (χ3v) is 3.82. The van der Waals surface area contributed by atoms with Crippen molar-refractivity contribution >= 4 is 34.1 Å². The summed E-state index contributed by atoms with van der Waals surface area (Å²) in [6.07, 6.45) is 0. The number of benzene rings is 3. The number of esters is 1. The van der Waals surface area contributed by atoms with Crippen LogP contribution in [0.3, 0.4) is 0 Å². The molecule has 0 aliphatic heterocycles. The van der Waals surface area contributed by atoms with Crippen LogP contribution in [0.15, 0.2) is 60.7 Å². The van der Waals surface area contributed by atoms with Gasteiger partial charge in [0.1, 0.15) is 11.3 Å². The number of ketones is 1. The van der Waals surface area contributed by atoms with Gasteiger partial charge in [-0.3, -0.25) is 4.79 Å². The van der Waals surface area contributed by atoms with E-state index in [1.54, 1.807) is 12.1 Å². The van der Waals surface area contributed by atoms with Crippen LogP contribution >= 0.6 is 11.6 Å². The molecule has 0 aliphatic carbocycles. The van der Waals surface area contributed by atoms with E-state index in [-0.39, 0.29) is 17.1 Å². The maximum Gasteiger partial charge on any atom is 0.342 e. The third-order valence-electron chi connectivity index (χ3n) is 3.58. The van der Waals surface area contributed by atoms with Gasteiger partial charge in [0.25, 0.3) is 0 Å². The van der Waals surface area contributed by atoms with E-state index in [0.717, 1.165) is 10.8 Å². The number of carbonyl (C=O) groups excluding carboxylic acids is 2. The van der Waals surface area contributed by atoms with Crippen molar-refractivity contribution in [2.75, 3.05) is 6.61 Å². The molecule has 0 spiro atoms. The molecule has 24 heavy (non-hydrogen) atoms. The molecule has 0 saturated heterocycles. The average molecular weight is 341 g/mol. The maximum atomic E-state index is 12.2. The van der Waals surface area contributed by atoms with Crippen LogP contribution in [0.4, 0.5) is 0 Å². The first-order chi connectivity index (χ1) is 11.5. The molecular weight excluding hydrogens is 328 g/mol. The van der Waals surface area contributed by atoms with E-state index >= 15 is 0 Å². The molecule has 0 radical (unpaired) electrons. The SMILES string of the molecule is O=C(COC(=O)c1cc(Cl)ccc1O)c1ccc2ccccc2c1. The van der Waals surface area contributed by atoms with Crippen molar-refractivity contribution in [2.24, 2.45) is 0 Å². The Morgan fingerprint density at radius 3 is 2.50 bits per heavy atom. The molecule has 3 aromatic carbocycles. The molecule has 0 aromatic heterocycles. The Balaban J connectivity index is 1.72. The van der Waals surface area contributed by atoms with Crippen molar-refractivity contribution in [3.63, 3.8) is 0 Å². The van der Waals surface area contributed by atoms with Gasteiger partial charge in [-0.05, 0) is 35.0 Å². The zero-order valence-corrected chi connectivity index (χ0v) is 13.3. The average Bonchev–Trinajstić information content (AvgIpc) is 2.61. The number of hydrogen-bond donors (Lipinski definition) is 1. The summed E-state index contributed by atoms with van der Waals surface area (Å²) in [5, 5.41) is 11.9. The summed E-state index contributed by atoms with van der Waals surface area (Å²) in [5.41, 5.74) is 0.380. The van der Waals surface area contributed by atoms with E-state index < -0.39 is 12.6 Å². The second-order valence-corrected chi connectivity index (χ2v) is 5.66. The van der Waals surface area contributed by atoms with Crippen LogP contribution in [0.25, 0.3) is 10.8 Å². The Bertz CT molecular complexity index is 934. The van der Waals surface area contributed by atoms with E-state index in [1.165, 1.54) is 18.2 Å². The summed E-state index contributed by atoms with van der Waals surface area (Å²) in [6, 6.07) is 17.0. The number of carbonyl (C=O) groups is 2. The number of aromatic hydroxyl groups is 1. The number of Topliss-reactive ketones (excluding diaryl/α,β-unsaturated/α-hetero) is 1. The van der Waals surface area contributed by atoms with Gasteiger partial charge < -0.3 is 9.84 Å². The Morgan fingerprint density at radius 2 is 1.71 bits per heavy atom. The summed E-state index contributed by atoms with van der Waals surface area (Å²) in [4.78, 5) is 24.2. The fourth-order valence-electron chi connectivity index (χ4n) is 2.33. The molecule has 3 rings (SSSR count). The maximum absolute atomic E-state index is 12.2. The second-order valence-electron chi connectivity index (χ2n) is 5.22. The quantitative estimate of drug-likeness (QED) is 0.570. The summed E-state index contributed by atoms with van der Waals surface area (Å²) >= 11 is 5.79. The number of rotatable bonds is 4. The summed E-state index contributed by atoms with van der Waals surface area (Å²) in [6.45, 7) is -0.414. The molecule has 4 nitrogen and oxygen atoms in total. The Morgan fingerprint density at radius 1 is 0.958 bits per heavy atom. The van der Waals surface area contributed by atoms with Crippen molar-refractivity contribution in [1.29, 1.82) is 0 Å². The standard InChI is InChI=1S/C19H13ClO4/c20-15-7-8-17(21)16(10-15)19(23)24-11-18(22)14-6-5-12-3-1-2-4-13(12)9-14/h1-10,21H,11H2. The summed E-state index contributed by atoms with van der Waals surface area (Å²) < 4.78 is 4.99. The lowest BCUT2D eigenvalue weighted by molar-refractivity contribution is 0.0472. The van der Waals surface area contributed by atoms with Crippen molar-refractivity contribution in [3.05, 3.63) is 76.8 Å². The first-order valence-electron chi connectivity index (χ1n) is 7.22. The molecule has 3 aromatic rings. The minimum atomic E-state index is -0.802. The number of phenolic OH excluding ortho intramolecular Hbond substituents is 1. The number of ether oxygens (including phenoxy) is 1. The van der Waals surface area contributed by atoms with Crippen LogP contribution in [-0.2, 0) is 4.74 Å². The van der Waals surface area contributed by atoms with E-state index in [0.29, 0.717) is 10.6 Å². The zero-order valence-electron chi connectivity index (χ0n) is 12.5. The smallest absolute Gasteiger partial charge is 0.342 e. The van der Waals surface area contributed by atoms with Crippen molar-refractivity contribution < 1.29 is 19.4 Å². The van der Waals surface area contributed by atoms with Crippen LogP contribution in [0.1, 0.15) is 20.7 Å². The van der Waals surface area contributed by atoms with Crippen molar-refractivity contribution in [2.45, 2.75) is 0 Å². The molecule has 0 amide bonds. The predicted octanol–water partition coefficient (Wildman–Crippen LogP) is 4.24. The number of halogens is 1. The monoisotopic (exact) mass is 340 g/mol. The normalized spacial score (nSPS) is 10.5. The molecule has 0 unspecified atom stereocenters. The summed E-state index contributed by atoms with van der Waals surface area (Å²) in [7, 11) is 0. The van der Waals surface area contributed by atoms with E-state index in [9.17, 15) is 14.7 Å². The predicted molar refractivity (Wildman–Crippen MR) is 91.7 cm³/mol. The van der Waals surface area contributed by atoms with E-state index in [4.69, 9.17) is 16.3 Å². The highest BCUT2D eigenvalue weighted by Crippen LogP contribution is 2.22. The van der Waals surface area contributed by atoms with Crippen molar-refractivity contribution in [1.82, 2.24) is 0 Å². The Labute approximate surface area is 143 Å². The number of hydrogen-bond acceptors (Lipinski definition) is 4. The van der Waals surface area contributed by atoms with Gasteiger partial charge >= 0.3 is 5.97 Å². The fourth-order valence-corrected chi connectivity index (χ4v) is 2.50. The van der Waals surface area contributed by atoms with Crippen LogP contribution in [0, 0.1) is 0 Å². The summed E-state index contributed by atoms with van der Waals surface area (Å²) in [5.74, 6) is -1.37. The minimum absolute atomic E-state index is 0.0752. The van der Waals surface area contributed by atoms with Gasteiger partial charge in [0, 0.05) is 10.6 Å². The van der Waals surface area contributed by atoms with Crippen LogP contribution in [0.2, 0.25) is 5.02 Å². The molecule has 0 bridgehead atoms. The Kier molecular flexibility index (Phi) is 4.49. The van der Waals surface area contributed by atoms with Gasteiger partial charge in [-0.1, -0.05) is 48.0 Å². The molecule has 1 N–H and O–H groups in total. The lowest BCUT2D eigenvalue weighted by atomic mass is 10.0. The van der Waals surface area contributed by atoms with Gasteiger partial charge in [0.15, 0.2) is 12.4 Å². The third kappa shape index (κ3) is 3.39. The zero-order chi connectivity index (χ0) is 17.1. The topological polar surface area (TPSA) is 63.6 Å². The van der Waals surface area contributed by atoms with Crippen LogP contribution in [-0.4, -0.2) is 23.5 Å². The molecule has 0 atom stereocenters. The highest BCUT2D eigenvalue weighted by molar-refractivity contribution is 6.31. The van der Waals surface area contributed by atoms with E-state index in [1.807, 2.05) is 30.3 Å². The largest absolute Gasteiger partial charge is 0.507 e. The van der Waals surface area contributed by atoms with Crippen molar-refractivity contribution in [3.8, 4) is 5.75 Å². The van der Waals surface area contributed by atoms with Gasteiger partial charge in [0.2, 0.25) is 0 Å². The molecule has 0 saturated carbocycles. The first-order valence-corrected chi connectivity index (χ1v) is 7.60. The molecule has 0 fully saturated rings. The lowest BCUT2D eigenvalue weighted by Gasteiger charge is -2.07. The molecule has 5 heteroatoms. The van der Waals surface area contributed by atoms with Gasteiger partial charge in [0.05, 0.1) is 0 Å². The van der Waals surface area contributed by atoms with E-state index in [2.05, 4.69) is 0 Å². The highest BCUT2D eigenvalue weighted by Gasteiger charge is 2.16. The second kappa shape index (κ2) is 6.72. The van der Waals surface area contributed by atoms with Gasteiger partial charge in [-0.25, -0.2) is 4.79 Å². The Hall–Kier alpha value is -2.85. The van der Waals surface area contributed by atoms with Gasteiger partial charge in [-0.15, -0.1) is 0 Å².